The van der Waals surface area contributed by atoms with E-state index < -0.39 is 0 Å². The van der Waals surface area contributed by atoms with Gasteiger partial charge >= 0.3 is 0 Å². The van der Waals surface area contributed by atoms with Crippen molar-refractivity contribution in [3.05, 3.63) is 34.7 Å². The molecular formula is C14H14BrN5O2. The lowest BCUT2D eigenvalue weighted by atomic mass is 10.1. The lowest BCUT2D eigenvalue weighted by Crippen LogP contribution is -2.37. The summed E-state index contributed by atoms with van der Waals surface area (Å²) in [6.07, 6.45) is 5.17. The van der Waals surface area contributed by atoms with Crippen molar-refractivity contribution in [3.8, 4) is 0 Å². The maximum atomic E-state index is 11.9. The van der Waals surface area contributed by atoms with Crippen LogP contribution in [-0.4, -0.2) is 33.5 Å². The first-order valence-electron chi connectivity index (χ1n) is 6.88. The molecule has 0 saturated heterocycles. The fraction of sp³-hybridized carbons (Fsp3) is 0.286. The number of hydrogen-bond acceptors (Lipinski definition) is 4. The number of rotatable bonds is 4. The Morgan fingerprint density at radius 2 is 2.23 bits per heavy atom. The topological polar surface area (TPSA) is 87.9 Å². The molecule has 0 bridgehead atoms. The van der Waals surface area contributed by atoms with Crippen LogP contribution in [0.25, 0.3) is 5.65 Å². The molecule has 0 spiro atoms. The molecule has 2 amide bonds. The second-order valence-electron chi connectivity index (χ2n) is 4.94. The smallest absolute Gasteiger partial charge is 0.267 e. The van der Waals surface area contributed by atoms with Gasteiger partial charge in [-0.25, -0.2) is 10.4 Å². The van der Waals surface area contributed by atoms with Crippen LogP contribution >= 0.6 is 15.9 Å². The molecule has 7 nitrogen and oxygen atoms in total. The highest BCUT2D eigenvalue weighted by Gasteiger charge is 2.17. The number of amides is 2. The average molecular weight is 364 g/mol. The van der Waals surface area contributed by atoms with Crippen LogP contribution in [0, 0.1) is 0 Å². The second kappa shape index (κ2) is 6.27. The van der Waals surface area contributed by atoms with Crippen LogP contribution in [0.5, 0.6) is 0 Å². The number of hydrazone groups is 1. The minimum absolute atomic E-state index is 0.160. The van der Waals surface area contributed by atoms with E-state index in [-0.39, 0.29) is 11.8 Å². The Balaban J connectivity index is 1.55. The third-order valence-electron chi connectivity index (χ3n) is 3.30. The van der Waals surface area contributed by atoms with E-state index in [4.69, 9.17) is 0 Å². The fourth-order valence-electron chi connectivity index (χ4n) is 2.18. The quantitative estimate of drug-likeness (QED) is 0.849. The van der Waals surface area contributed by atoms with Crippen LogP contribution in [0.4, 0.5) is 0 Å². The highest BCUT2D eigenvalue weighted by atomic mass is 79.9. The van der Waals surface area contributed by atoms with Gasteiger partial charge in [-0.05, 0) is 28.1 Å². The van der Waals surface area contributed by atoms with Crippen LogP contribution < -0.4 is 10.7 Å². The molecule has 3 rings (SSSR count). The Morgan fingerprint density at radius 3 is 3.00 bits per heavy atom. The molecule has 0 radical (unpaired) electrons. The molecule has 0 aliphatic carbocycles. The average Bonchev–Trinajstić information content (AvgIpc) is 2.89. The summed E-state index contributed by atoms with van der Waals surface area (Å²) in [5, 5.41) is 6.55. The van der Waals surface area contributed by atoms with Crippen LogP contribution in [0.1, 0.15) is 18.5 Å². The number of fused-ring (bicyclic) bond motifs is 1. The van der Waals surface area contributed by atoms with Gasteiger partial charge in [0, 0.05) is 42.7 Å². The highest BCUT2D eigenvalue weighted by molar-refractivity contribution is 9.10. The zero-order valence-corrected chi connectivity index (χ0v) is 13.3. The van der Waals surface area contributed by atoms with E-state index in [2.05, 4.69) is 36.8 Å². The van der Waals surface area contributed by atoms with Crippen molar-refractivity contribution in [1.29, 1.82) is 0 Å². The first kappa shape index (κ1) is 14.7. The molecule has 0 atom stereocenters. The Morgan fingerprint density at radius 1 is 1.36 bits per heavy atom. The van der Waals surface area contributed by atoms with Crippen LogP contribution in [0.15, 0.2) is 34.1 Å². The molecule has 2 aromatic heterocycles. The monoisotopic (exact) mass is 363 g/mol. The summed E-state index contributed by atoms with van der Waals surface area (Å²) >= 11 is 3.41. The maximum Gasteiger partial charge on any atom is 0.267 e. The van der Waals surface area contributed by atoms with Gasteiger partial charge < -0.3 is 9.72 Å². The van der Waals surface area contributed by atoms with Gasteiger partial charge in [0.2, 0.25) is 5.91 Å². The summed E-state index contributed by atoms with van der Waals surface area (Å²) in [6, 6.07) is 3.86. The number of carbonyl (C=O) groups excluding carboxylic acids is 2. The molecule has 1 aliphatic rings. The fourth-order valence-corrected chi connectivity index (χ4v) is 2.53. The molecule has 3 heterocycles. The number of nitrogens with one attached hydrogen (secondary N) is 2. The van der Waals surface area contributed by atoms with Crippen LogP contribution in [0.3, 0.4) is 0 Å². The maximum absolute atomic E-state index is 11.9. The first-order valence-corrected chi connectivity index (χ1v) is 7.68. The standard InChI is InChI=1S/C14H14BrN5O2/c15-9-1-3-12-17-10(8-20(12)7-9)5-6-16-14(22)11-2-4-13(21)19-18-11/h1,3,7-8H,2,4-6H2,(H,16,22)(H,19,21). The minimum atomic E-state index is -0.244. The zero-order valence-electron chi connectivity index (χ0n) is 11.7. The van der Waals surface area contributed by atoms with Crippen molar-refractivity contribution in [1.82, 2.24) is 20.1 Å². The third kappa shape index (κ3) is 3.33. The summed E-state index contributed by atoms with van der Waals surface area (Å²) in [5.74, 6) is -0.404. The van der Waals surface area contributed by atoms with Crippen molar-refractivity contribution < 1.29 is 9.59 Å². The summed E-state index contributed by atoms with van der Waals surface area (Å²) in [5.41, 5.74) is 4.44. The van der Waals surface area contributed by atoms with Crippen molar-refractivity contribution in [3.63, 3.8) is 0 Å². The second-order valence-corrected chi connectivity index (χ2v) is 5.86. The van der Waals surface area contributed by atoms with Gasteiger partial charge in [-0.1, -0.05) is 0 Å². The Hall–Kier alpha value is -2.22. The van der Waals surface area contributed by atoms with Crippen molar-refractivity contribution in [2.45, 2.75) is 19.3 Å². The number of nitrogens with zero attached hydrogens (tertiary/aromatic N) is 3. The number of hydrogen-bond donors (Lipinski definition) is 2. The molecule has 0 fully saturated rings. The molecule has 2 aromatic rings. The van der Waals surface area contributed by atoms with E-state index in [1.807, 2.05) is 28.9 Å². The number of aromatic nitrogens is 2. The van der Waals surface area contributed by atoms with E-state index in [9.17, 15) is 9.59 Å². The number of imidazole rings is 1. The molecule has 0 saturated carbocycles. The minimum Gasteiger partial charge on any atom is -0.351 e. The molecule has 22 heavy (non-hydrogen) atoms. The molecule has 114 valence electrons. The van der Waals surface area contributed by atoms with Crippen LogP contribution in [-0.2, 0) is 16.0 Å². The highest BCUT2D eigenvalue weighted by Crippen LogP contribution is 2.12. The number of pyridine rings is 1. The summed E-state index contributed by atoms with van der Waals surface area (Å²) < 4.78 is 2.91. The zero-order chi connectivity index (χ0) is 15.5. The molecule has 0 unspecified atom stereocenters. The van der Waals surface area contributed by atoms with Gasteiger partial charge in [0.15, 0.2) is 0 Å². The molecule has 1 aliphatic heterocycles. The molecular weight excluding hydrogens is 350 g/mol. The molecule has 2 N–H and O–H groups in total. The SMILES string of the molecule is O=C1CCC(C(=O)NCCc2cn3cc(Br)ccc3n2)=NN1. The van der Waals surface area contributed by atoms with Crippen molar-refractivity contribution in [2.24, 2.45) is 5.10 Å². The number of carbonyl (C=O) groups is 2. The Labute approximate surface area is 134 Å². The van der Waals surface area contributed by atoms with E-state index in [1.54, 1.807) is 0 Å². The van der Waals surface area contributed by atoms with E-state index >= 15 is 0 Å². The normalized spacial score (nSPS) is 14.6. The van der Waals surface area contributed by atoms with E-state index in [0.717, 1.165) is 15.8 Å². The van der Waals surface area contributed by atoms with Gasteiger partial charge in [-0.2, -0.15) is 5.10 Å². The van der Waals surface area contributed by atoms with E-state index in [0.29, 0.717) is 31.5 Å². The Kier molecular flexibility index (Phi) is 4.19. The van der Waals surface area contributed by atoms with Gasteiger partial charge in [-0.15, -0.1) is 0 Å². The lowest BCUT2D eigenvalue weighted by Gasteiger charge is -2.11. The first-order chi connectivity index (χ1) is 10.6. The summed E-state index contributed by atoms with van der Waals surface area (Å²) in [7, 11) is 0. The van der Waals surface area contributed by atoms with Crippen molar-refractivity contribution >= 4 is 39.1 Å². The Bertz CT molecular complexity index is 768. The van der Waals surface area contributed by atoms with Gasteiger partial charge in [0.1, 0.15) is 11.4 Å². The molecule has 8 heteroatoms. The third-order valence-corrected chi connectivity index (χ3v) is 3.77. The van der Waals surface area contributed by atoms with Gasteiger partial charge in [0.25, 0.3) is 5.91 Å². The summed E-state index contributed by atoms with van der Waals surface area (Å²) in [4.78, 5) is 27.3. The van der Waals surface area contributed by atoms with E-state index in [1.165, 1.54) is 0 Å². The summed E-state index contributed by atoms with van der Waals surface area (Å²) in [6.45, 7) is 0.469. The predicted octanol–water partition coefficient (Wildman–Crippen LogP) is 1.02. The van der Waals surface area contributed by atoms with Gasteiger partial charge in [0.05, 0.1) is 5.69 Å². The predicted molar refractivity (Wildman–Crippen MR) is 84.4 cm³/mol. The lowest BCUT2D eigenvalue weighted by molar-refractivity contribution is -0.121. The van der Waals surface area contributed by atoms with Crippen molar-refractivity contribution in [2.75, 3.05) is 6.54 Å². The van der Waals surface area contributed by atoms with Crippen LogP contribution in [0.2, 0.25) is 0 Å². The van der Waals surface area contributed by atoms with Gasteiger partial charge in [-0.3, -0.25) is 9.59 Å². The molecule has 0 aromatic carbocycles. The number of halogens is 1. The largest absolute Gasteiger partial charge is 0.351 e.